The summed E-state index contributed by atoms with van der Waals surface area (Å²) in [7, 11) is 0. The molecule has 0 bridgehead atoms. The second kappa shape index (κ2) is 6.74. The number of hydrogen-bond acceptors (Lipinski definition) is 3. The first-order chi connectivity index (χ1) is 7.63. The number of nitrogens with two attached hydrogens (primary N) is 1. The molecule has 0 radical (unpaired) electrons. The molecule has 0 amide bonds. The molecule has 0 spiro atoms. The summed E-state index contributed by atoms with van der Waals surface area (Å²) < 4.78 is 0. The quantitative estimate of drug-likeness (QED) is 0.291. The maximum atomic E-state index is 8.51. The first-order valence-electron chi connectivity index (χ1n) is 6.34. The van der Waals surface area contributed by atoms with Crippen molar-refractivity contribution in [2.24, 2.45) is 22.7 Å². The molecule has 4 nitrogen and oxygen atoms in total. The van der Waals surface area contributed by atoms with Crippen LogP contribution in [0.5, 0.6) is 0 Å². The average Bonchev–Trinajstić information content (AvgIpc) is 2.28. The summed E-state index contributed by atoms with van der Waals surface area (Å²) in [6.07, 6.45) is 6.70. The van der Waals surface area contributed by atoms with E-state index in [1.807, 2.05) is 6.92 Å². The molecule has 94 valence electrons. The van der Waals surface area contributed by atoms with Gasteiger partial charge in [-0.3, -0.25) is 0 Å². The molecule has 1 aliphatic rings. The summed E-state index contributed by atoms with van der Waals surface area (Å²) in [5, 5.41) is 14.8. The zero-order valence-corrected chi connectivity index (χ0v) is 10.4. The molecule has 0 aliphatic heterocycles. The van der Waals surface area contributed by atoms with Crippen LogP contribution in [-0.4, -0.2) is 23.6 Å². The van der Waals surface area contributed by atoms with Gasteiger partial charge in [-0.1, -0.05) is 31.3 Å². The van der Waals surface area contributed by atoms with E-state index in [0.717, 1.165) is 18.4 Å². The third-order valence-electron chi connectivity index (χ3n) is 3.61. The van der Waals surface area contributed by atoms with Crippen LogP contribution in [0.15, 0.2) is 5.16 Å². The number of hydrogen-bond donors (Lipinski definition) is 3. The molecule has 0 heterocycles. The summed E-state index contributed by atoms with van der Waals surface area (Å²) >= 11 is 0. The van der Waals surface area contributed by atoms with Crippen molar-refractivity contribution < 1.29 is 5.21 Å². The molecule has 0 aromatic heterocycles. The SMILES string of the molecule is CC1CCCC(CCNC(C)C(N)=NO)C1. The Hall–Kier alpha value is -0.770. The lowest BCUT2D eigenvalue weighted by Crippen LogP contribution is -2.40. The Labute approximate surface area is 98.3 Å². The number of nitrogens with one attached hydrogen (secondary N) is 1. The van der Waals surface area contributed by atoms with Crippen LogP contribution in [-0.2, 0) is 0 Å². The van der Waals surface area contributed by atoms with Gasteiger partial charge in [0.05, 0.1) is 6.04 Å². The van der Waals surface area contributed by atoms with Crippen LogP contribution in [0, 0.1) is 11.8 Å². The Bertz CT molecular complexity index is 230. The van der Waals surface area contributed by atoms with E-state index in [1.54, 1.807) is 0 Å². The van der Waals surface area contributed by atoms with Crippen molar-refractivity contribution in [1.82, 2.24) is 5.32 Å². The van der Waals surface area contributed by atoms with Crippen LogP contribution in [0.3, 0.4) is 0 Å². The number of rotatable bonds is 5. The number of amidine groups is 1. The summed E-state index contributed by atoms with van der Waals surface area (Å²) in [4.78, 5) is 0. The second-order valence-electron chi connectivity index (χ2n) is 5.13. The predicted octanol–water partition coefficient (Wildman–Crippen LogP) is 1.93. The monoisotopic (exact) mass is 227 g/mol. The third kappa shape index (κ3) is 4.39. The molecule has 1 fully saturated rings. The average molecular weight is 227 g/mol. The predicted molar refractivity (Wildman–Crippen MR) is 66.6 cm³/mol. The zero-order valence-electron chi connectivity index (χ0n) is 10.4. The van der Waals surface area contributed by atoms with E-state index in [2.05, 4.69) is 17.4 Å². The van der Waals surface area contributed by atoms with Crippen LogP contribution < -0.4 is 11.1 Å². The smallest absolute Gasteiger partial charge is 0.156 e. The molecule has 0 aromatic carbocycles. The van der Waals surface area contributed by atoms with Crippen molar-refractivity contribution in [3.63, 3.8) is 0 Å². The van der Waals surface area contributed by atoms with Crippen LogP contribution in [0.2, 0.25) is 0 Å². The molecule has 3 atom stereocenters. The van der Waals surface area contributed by atoms with Gasteiger partial charge in [-0.2, -0.15) is 0 Å². The standard InChI is InChI=1S/C12H25N3O/c1-9-4-3-5-11(8-9)6-7-14-10(2)12(13)15-16/h9-11,14,16H,3-8H2,1-2H3,(H2,13,15). The maximum Gasteiger partial charge on any atom is 0.156 e. The van der Waals surface area contributed by atoms with E-state index in [-0.39, 0.29) is 11.9 Å². The van der Waals surface area contributed by atoms with Gasteiger partial charge < -0.3 is 16.3 Å². The third-order valence-corrected chi connectivity index (χ3v) is 3.61. The van der Waals surface area contributed by atoms with Crippen molar-refractivity contribution >= 4 is 5.84 Å². The minimum atomic E-state index is -0.0361. The van der Waals surface area contributed by atoms with Crippen molar-refractivity contribution in [2.45, 2.75) is 52.0 Å². The molecule has 3 unspecified atom stereocenters. The first kappa shape index (κ1) is 13.3. The lowest BCUT2D eigenvalue weighted by atomic mass is 9.81. The van der Waals surface area contributed by atoms with E-state index in [9.17, 15) is 0 Å². The molecular weight excluding hydrogens is 202 g/mol. The van der Waals surface area contributed by atoms with Gasteiger partial charge >= 0.3 is 0 Å². The molecule has 1 rings (SSSR count). The normalized spacial score (nSPS) is 29.0. The van der Waals surface area contributed by atoms with Gasteiger partial charge in [0.1, 0.15) is 0 Å². The minimum Gasteiger partial charge on any atom is -0.409 e. The van der Waals surface area contributed by atoms with E-state index in [0.29, 0.717) is 0 Å². The van der Waals surface area contributed by atoms with Crippen molar-refractivity contribution in [3.8, 4) is 0 Å². The van der Waals surface area contributed by atoms with Crippen LogP contribution in [0.4, 0.5) is 0 Å². The van der Waals surface area contributed by atoms with Crippen molar-refractivity contribution in [1.29, 1.82) is 0 Å². The minimum absolute atomic E-state index is 0.0361. The summed E-state index contributed by atoms with van der Waals surface area (Å²) in [5.41, 5.74) is 5.50. The molecular formula is C12H25N3O. The fraction of sp³-hybridized carbons (Fsp3) is 0.917. The Morgan fingerprint density at radius 2 is 2.31 bits per heavy atom. The molecule has 4 heteroatoms. The lowest BCUT2D eigenvalue weighted by molar-refractivity contribution is 0.266. The van der Waals surface area contributed by atoms with Gasteiger partial charge in [0, 0.05) is 0 Å². The topological polar surface area (TPSA) is 70.6 Å². The van der Waals surface area contributed by atoms with Crippen LogP contribution in [0.25, 0.3) is 0 Å². The highest BCUT2D eigenvalue weighted by atomic mass is 16.4. The van der Waals surface area contributed by atoms with Gasteiger partial charge in [-0.05, 0) is 38.1 Å². The first-order valence-corrected chi connectivity index (χ1v) is 6.34. The summed E-state index contributed by atoms with van der Waals surface area (Å²) in [5.74, 6) is 2.01. The highest BCUT2D eigenvalue weighted by Crippen LogP contribution is 2.30. The van der Waals surface area contributed by atoms with Gasteiger partial charge in [0.2, 0.25) is 0 Å². The van der Waals surface area contributed by atoms with Gasteiger partial charge in [-0.15, -0.1) is 0 Å². The Kier molecular flexibility index (Phi) is 5.60. The van der Waals surface area contributed by atoms with Gasteiger partial charge in [-0.25, -0.2) is 0 Å². The molecule has 0 aromatic rings. The maximum absolute atomic E-state index is 8.51. The van der Waals surface area contributed by atoms with E-state index in [4.69, 9.17) is 10.9 Å². The van der Waals surface area contributed by atoms with Crippen molar-refractivity contribution in [3.05, 3.63) is 0 Å². The number of oxime groups is 1. The van der Waals surface area contributed by atoms with Gasteiger partial charge in [0.25, 0.3) is 0 Å². The molecule has 1 saturated carbocycles. The fourth-order valence-corrected chi connectivity index (χ4v) is 2.52. The highest BCUT2D eigenvalue weighted by Gasteiger charge is 2.18. The van der Waals surface area contributed by atoms with E-state index >= 15 is 0 Å². The van der Waals surface area contributed by atoms with E-state index < -0.39 is 0 Å². The molecule has 4 N–H and O–H groups in total. The second-order valence-corrected chi connectivity index (χ2v) is 5.13. The van der Waals surface area contributed by atoms with Crippen molar-refractivity contribution in [2.75, 3.05) is 6.54 Å². The van der Waals surface area contributed by atoms with Crippen LogP contribution >= 0.6 is 0 Å². The van der Waals surface area contributed by atoms with Crippen LogP contribution in [0.1, 0.15) is 46.0 Å². The summed E-state index contributed by atoms with van der Waals surface area (Å²) in [6, 6.07) is -0.0361. The van der Waals surface area contributed by atoms with E-state index in [1.165, 1.54) is 32.1 Å². The Balaban J connectivity index is 2.15. The molecule has 0 saturated heterocycles. The zero-order chi connectivity index (χ0) is 12.0. The highest BCUT2D eigenvalue weighted by molar-refractivity contribution is 5.84. The summed E-state index contributed by atoms with van der Waals surface area (Å²) in [6.45, 7) is 5.21. The Morgan fingerprint density at radius 1 is 1.56 bits per heavy atom. The molecule has 1 aliphatic carbocycles. The fourth-order valence-electron chi connectivity index (χ4n) is 2.52. The number of nitrogens with zero attached hydrogens (tertiary/aromatic N) is 1. The lowest BCUT2D eigenvalue weighted by Gasteiger charge is -2.27. The van der Waals surface area contributed by atoms with Gasteiger partial charge in [0.15, 0.2) is 5.84 Å². The largest absolute Gasteiger partial charge is 0.409 e. The Morgan fingerprint density at radius 3 is 2.94 bits per heavy atom. The molecule has 16 heavy (non-hydrogen) atoms.